The minimum absolute atomic E-state index is 0.0602. The molecule has 2 aliphatic rings. The molecule has 1 aliphatic carbocycles. The lowest BCUT2D eigenvalue weighted by Gasteiger charge is -2.19. The van der Waals surface area contributed by atoms with Crippen LogP contribution in [0.2, 0.25) is 0 Å². The average Bonchev–Trinajstić information content (AvgIpc) is 3.08. The van der Waals surface area contributed by atoms with Crippen molar-refractivity contribution in [1.82, 2.24) is 4.90 Å². The molecule has 4 rings (SSSR count). The third kappa shape index (κ3) is 2.06. The van der Waals surface area contributed by atoms with Crippen LogP contribution in [0.4, 0.5) is 0 Å². The molecule has 2 aromatic rings. The van der Waals surface area contributed by atoms with Crippen LogP contribution in [0.1, 0.15) is 23.2 Å². The van der Waals surface area contributed by atoms with Crippen molar-refractivity contribution in [3.05, 3.63) is 42.0 Å². The summed E-state index contributed by atoms with van der Waals surface area (Å²) in [4.78, 5) is 14.6. The monoisotopic (exact) mass is 296 g/mol. The van der Waals surface area contributed by atoms with Gasteiger partial charge < -0.3 is 15.7 Å². The fraction of sp³-hybridized carbons (Fsp3) is 0.389. The van der Waals surface area contributed by atoms with Crippen molar-refractivity contribution in [2.24, 2.45) is 17.6 Å². The van der Waals surface area contributed by atoms with E-state index in [0.29, 0.717) is 17.4 Å². The van der Waals surface area contributed by atoms with Crippen LogP contribution in [-0.4, -0.2) is 35.0 Å². The number of likely N-dealkylation sites (tertiary alicyclic amines) is 1. The molecule has 0 spiro atoms. The Hall–Kier alpha value is -2.07. The zero-order valence-corrected chi connectivity index (χ0v) is 12.4. The van der Waals surface area contributed by atoms with Gasteiger partial charge in [-0.05, 0) is 47.6 Å². The number of hydrogen-bond acceptors (Lipinski definition) is 3. The van der Waals surface area contributed by atoms with Gasteiger partial charge in [-0.3, -0.25) is 4.79 Å². The van der Waals surface area contributed by atoms with Crippen LogP contribution in [-0.2, 0) is 0 Å². The number of rotatable bonds is 1. The number of phenolic OH excluding ortho intramolecular Hbond substituents is 1. The maximum atomic E-state index is 12.8. The maximum absolute atomic E-state index is 12.8. The standard InChI is InChI=1S/C18H20N2O2/c19-16-6-5-13-9-20(10-15(13)16)18(22)14-7-11-3-1-2-4-12(11)8-17(14)21/h1-4,7-8,13,15-16,21H,5-6,9-10,19H2. The Morgan fingerprint density at radius 2 is 1.86 bits per heavy atom. The Balaban J connectivity index is 1.64. The molecule has 1 amide bonds. The van der Waals surface area contributed by atoms with Crippen molar-refractivity contribution in [2.45, 2.75) is 18.9 Å². The summed E-state index contributed by atoms with van der Waals surface area (Å²) in [6.45, 7) is 1.49. The van der Waals surface area contributed by atoms with E-state index in [1.54, 1.807) is 12.1 Å². The molecule has 4 nitrogen and oxygen atoms in total. The summed E-state index contributed by atoms with van der Waals surface area (Å²) in [5, 5.41) is 12.1. The predicted molar refractivity (Wildman–Crippen MR) is 85.7 cm³/mol. The summed E-state index contributed by atoms with van der Waals surface area (Å²) in [5.74, 6) is 0.933. The Morgan fingerprint density at radius 1 is 1.14 bits per heavy atom. The van der Waals surface area contributed by atoms with E-state index in [9.17, 15) is 9.90 Å². The number of carbonyl (C=O) groups is 1. The number of hydrogen-bond donors (Lipinski definition) is 2. The predicted octanol–water partition coefficient (Wildman–Crippen LogP) is 2.35. The SMILES string of the molecule is NC1CCC2CN(C(=O)c3cc4ccccc4cc3O)CC12. The van der Waals surface area contributed by atoms with Gasteiger partial charge >= 0.3 is 0 Å². The molecule has 1 saturated heterocycles. The largest absolute Gasteiger partial charge is 0.507 e. The van der Waals surface area contributed by atoms with Crippen molar-refractivity contribution < 1.29 is 9.90 Å². The smallest absolute Gasteiger partial charge is 0.257 e. The Morgan fingerprint density at radius 3 is 2.59 bits per heavy atom. The van der Waals surface area contributed by atoms with Crippen LogP contribution in [0, 0.1) is 11.8 Å². The number of nitrogens with two attached hydrogens (primary N) is 1. The number of aromatic hydroxyl groups is 1. The van der Waals surface area contributed by atoms with Crippen LogP contribution in [0.25, 0.3) is 10.8 Å². The van der Waals surface area contributed by atoms with E-state index in [1.165, 1.54) is 0 Å². The summed E-state index contributed by atoms with van der Waals surface area (Å²) < 4.78 is 0. The number of phenols is 1. The van der Waals surface area contributed by atoms with Gasteiger partial charge in [0.1, 0.15) is 5.75 Å². The van der Waals surface area contributed by atoms with Crippen LogP contribution < -0.4 is 5.73 Å². The first kappa shape index (κ1) is 13.6. The maximum Gasteiger partial charge on any atom is 0.257 e. The highest BCUT2D eigenvalue weighted by atomic mass is 16.3. The number of benzene rings is 2. The van der Waals surface area contributed by atoms with Gasteiger partial charge in [0.25, 0.3) is 5.91 Å². The summed E-state index contributed by atoms with van der Waals surface area (Å²) in [6, 6.07) is 11.4. The average molecular weight is 296 g/mol. The highest BCUT2D eigenvalue weighted by molar-refractivity contribution is 6.01. The molecule has 3 N–H and O–H groups in total. The number of nitrogens with zero attached hydrogens (tertiary/aromatic N) is 1. The molecule has 0 aromatic heterocycles. The Labute approximate surface area is 129 Å². The second-order valence-electron chi connectivity index (χ2n) is 6.59. The highest BCUT2D eigenvalue weighted by Crippen LogP contribution is 2.38. The molecule has 1 aliphatic heterocycles. The van der Waals surface area contributed by atoms with Crippen molar-refractivity contribution in [1.29, 1.82) is 0 Å². The van der Waals surface area contributed by atoms with E-state index in [-0.39, 0.29) is 17.7 Å². The number of carbonyl (C=O) groups excluding carboxylic acids is 1. The normalized spacial score (nSPS) is 27.3. The molecule has 1 heterocycles. The fourth-order valence-electron chi connectivity index (χ4n) is 4.04. The third-order valence-electron chi connectivity index (χ3n) is 5.29. The fourth-order valence-corrected chi connectivity index (χ4v) is 4.04. The van der Waals surface area contributed by atoms with Crippen molar-refractivity contribution in [2.75, 3.05) is 13.1 Å². The van der Waals surface area contributed by atoms with Crippen molar-refractivity contribution in [3.63, 3.8) is 0 Å². The second kappa shape index (κ2) is 4.99. The first-order valence-electron chi connectivity index (χ1n) is 7.90. The first-order valence-corrected chi connectivity index (χ1v) is 7.90. The Kier molecular flexibility index (Phi) is 3.08. The van der Waals surface area contributed by atoms with Gasteiger partial charge in [0, 0.05) is 19.1 Å². The zero-order valence-electron chi connectivity index (χ0n) is 12.4. The van der Waals surface area contributed by atoms with Crippen LogP contribution in [0.15, 0.2) is 36.4 Å². The lowest BCUT2D eigenvalue weighted by molar-refractivity contribution is 0.0777. The van der Waals surface area contributed by atoms with Gasteiger partial charge in [0.2, 0.25) is 0 Å². The van der Waals surface area contributed by atoms with Gasteiger partial charge in [-0.15, -0.1) is 0 Å². The highest BCUT2D eigenvalue weighted by Gasteiger charge is 2.42. The Bertz CT molecular complexity index is 743. The number of fused-ring (bicyclic) bond motifs is 2. The molecule has 3 unspecified atom stereocenters. The molecule has 2 aromatic carbocycles. The lowest BCUT2D eigenvalue weighted by atomic mass is 9.98. The molecule has 1 saturated carbocycles. The molecule has 114 valence electrons. The molecule has 0 bridgehead atoms. The zero-order chi connectivity index (χ0) is 15.3. The van der Waals surface area contributed by atoms with E-state index >= 15 is 0 Å². The van der Waals surface area contributed by atoms with Gasteiger partial charge in [0.05, 0.1) is 5.56 Å². The van der Waals surface area contributed by atoms with Crippen LogP contribution in [0.5, 0.6) is 5.75 Å². The third-order valence-corrected chi connectivity index (χ3v) is 5.29. The quantitative estimate of drug-likeness (QED) is 0.849. The molecule has 3 atom stereocenters. The van der Waals surface area contributed by atoms with E-state index in [1.807, 2.05) is 29.2 Å². The molecule has 2 fully saturated rings. The minimum Gasteiger partial charge on any atom is -0.507 e. The summed E-state index contributed by atoms with van der Waals surface area (Å²) in [7, 11) is 0. The van der Waals surface area contributed by atoms with Crippen LogP contribution in [0.3, 0.4) is 0 Å². The van der Waals surface area contributed by atoms with E-state index in [4.69, 9.17) is 5.73 Å². The summed E-state index contributed by atoms with van der Waals surface area (Å²) >= 11 is 0. The molecule has 4 heteroatoms. The van der Waals surface area contributed by atoms with E-state index in [2.05, 4.69) is 0 Å². The summed E-state index contributed by atoms with van der Waals surface area (Å²) in [5.41, 5.74) is 6.53. The van der Waals surface area contributed by atoms with E-state index in [0.717, 1.165) is 36.7 Å². The number of amides is 1. The first-order chi connectivity index (χ1) is 10.6. The molecular formula is C18H20N2O2. The summed E-state index contributed by atoms with van der Waals surface area (Å²) in [6.07, 6.45) is 2.18. The van der Waals surface area contributed by atoms with Crippen LogP contribution >= 0.6 is 0 Å². The van der Waals surface area contributed by atoms with Gasteiger partial charge in [-0.25, -0.2) is 0 Å². The van der Waals surface area contributed by atoms with Gasteiger partial charge in [-0.2, -0.15) is 0 Å². The van der Waals surface area contributed by atoms with Gasteiger partial charge in [-0.1, -0.05) is 24.3 Å². The molecule has 0 radical (unpaired) electrons. The minimum atomic E-state index is -0.0788. The van der Waals surface area contributed by atoms with Gasteiger partial charge in [0.15, 0.2) is 0 Å². The molecular weight excluding hydrogens is 276 g/mol. The topological polar surface area (TPSA) is 66.6 Å². The molecule has 22 heavy (non-hydrogen) atoms. The van der Waals surface area contributed by atoms with E-state index < -0.39 is 0 Å². The second-order valence-corrected chi connectivity index (χ2v) is 6.59. The lowest BCUT2D eigenvalue weighted by Crippen LogP contribution is -2.33. The van der Waals surface area contributed by atoms with Crippen molar-refractivity contribution >= 4 is 16.7 Å². The van der Waals surface area contributed by atoms with Crippen molar-refractivity contribution in [3.8, 4) is 5.75 Å².